The molecule has 136 valence electrons. The monoisotopic (exact) mass is 399 g/mol. The average molecular weight is 400 g/mol. The van der Waals surface area contributed by atoms with E-state index in [1.54, 1.807) is 22.7 Å². The number of nitrogens with zero attached hydrogens (tertiary/aromatic N) is 2. The molecule has 0 aliphatic carbocycles. The van der Waals surface area contributed by atoms with E-state index in [-0.39, 0.29) is 30.1 Å². The summed E-state index contributed by atoms with van der Waals surface area (Å²) in [5, 5.41) is 5.36. The summed E-state index contributed by atoms with van der Waals surface area (Å²) in [6.45, 7) is 4.39. The van der Waals surface area contributed by atoms with E-state index in [1.807, 2.05) is 15.9 Å². The van der Waals surface area contributed by atoms with Gasteiger partial charge < -0.3 is 15.1 Å². The van der Waals surface area contributed by atoms with E-state index in [0.717, 1.165) is 30.8 Å². The number of hydrogen-bond acceptors (Lipinski definition) is 5. The molecule has 4 rings (SSSR count). The molecule has 4 heterocycles. The molecule has 2 saturated heterocycles. The van der Waals surface area contributed by atoms with Gasteiger partial charge in [0.2, 0.25) is 5.91 Å². The molecule has 2 amide bonds. The van der Waals surface area contributed by atoms with Crippen LogP contribution in [0.25, 0.3) is 9.40 Å². The number of piperazine rings is 1. The van der Waals surface area contributed by atoms with E-state index in [4.69, 9.17) is 0 Å². The Morgan fingerprint density at radius 1 is 1.12 bits per heavy atom. The molecule has 1 atom stereocenters. The summed E-state index contributed by atoms with van der Waals surface area (Å²) in [6.07, 6.45) is 2.06. The standard InChI is InChI=1S/C17H21N3O2S2.ClH/c21-16(12-2-1-4-18-11-12)19-5-7-20(8-6-19)17(22)15-10-14-13(24-15)3-9-23-14;/h3,9-10,12,18H,1-2,4-8,11H2;1H. The minimum absolute atomic E-state index is 0. The number of piperidine rings is 1. The molecule has 2 aliphatic heterocycles. The average Bonchev–Trinajstić information content (AvgIpc) is 3.23. The van der Waals surface area contributed by atoms with Crippen LogP contribution >= 0.6 is 35.1 Å². The van der Waals surface area contributed by atoms with Gasteiger partial charge in [-0.15, -0.1) is 35.1 Å². The summed E-state index contributed by atoms with van der Waals surface area (Å²) >= 11 is 3.24. The highest BCUT2D eigenvalue weighted by Gasteiger charge is 2.30. The van der Waals surface area contributed by atoms with Crippen LogP contribution in [0.3, 0.4) is 0 Å². The minimum Gasteiger partial charge on any atom is -0.339 e. The van der Waals surface area contributed by atoms with Crippen LogP contribution in [0, 0.1) is 5.92 Å². The van der Waals surface area contributed by atoms with Crippen LogP contribution in [0.4, 0.5) is 0 Å². The maximum atomic E-state index is 12.7. The molecule has 0 aromatic carbocycles. The Hall–Kier alpha value is -1.15. The van der Waals surface area contributed by atoms with Gasteiger partial charge >= 0.3 is 0 Å². The van der Waals surface area contributed by atoms with E-state index >= 15 is 0 Å². The van der Waals surface area contributed by atoms with E-state index in [2.05, 4.69) is 16.8 Å². The van der Waals surface area contributed by atoms with E-state index in [1.165, 1.54) is 9.40 Å². The second-order valence-electron chi connectivity index (χ2n) is 6.42. The van der Waals surface area contributed by atoms with Crippen molar-refractivity contribution in [1.29, 1.82) is 0 Å². The number of amides is 2. The molecular weight excluding hydrogens is 378 g/mol. The fourth-order valence-electron chi connectivity index (χ4n) is 3.48. The van der Waals surface area contributed by atoms with Crippen LogP contribution in [0.1, 0.15) is 22.5 Å². The predicted octanol–water partition coefficient (Wildman–Crippen LogP) is 2.67. The third-order valence-electron chi connectivity index (χ3n) is 4.87. The fourth-order valence-corrected chi connectivity index (χ4v) is 5.55. The summed E-state index contributed by atoms with van der Waals surface area (Å²) in [4.78, 5) is 29.9. The molecular formula is C17H22ClN3O2S2. The normalized spacial score (nSPS) is 21.2. The van der Waals surface area contributed by atoms with Crippen molar-refractivity contribution in [1.82, 2.24) is 15.1 Å². The van der Waals surface area contributed by atoms with Gasteiger partial charge in [-0.1, -0.05) is 0 Å². The molecule has 1 N–H and O–H groups in total. The third kappa shape index (κ3) is 3.84. The number of nitrogens with one attached hydrogen (secondary N) is 1. The highest BCUT2D eigenvalue weighted by atomic mass is 35.5. The lowest BCUT2D eigenvalue weighted by atomic mass is 9.98. The SMILES string of the molecule is Cl.O=C(c1cc2sccc2s1)N1CCN(C(=O)C2CCCNC2)CC1. The number of fused-ring (bicyclic) bond motifs is 1. The zero-order chi connectivity index (χ0) is 16.5. The van der Waals surface area contributed by atoms with Crippen LogP contribution in [-0.2, 0) is 4.79 Å². The van der Waals surface area contributed by atoms with Crippen molar-refractivity contribution >= 4 is 56.3 Å². The van der Waals surface area contributed by atoms with Gasteiger partial charge in [0.1, 0.15) is 0 Å². The van der Waals surface area contributed by atoms with Crippen molar-refractivity contribution in [3.8, 4) is 0 Å². The molecule has 2 fully saturated rings. The Morgan fingerprint density at radius 2 is 1.88 bits per heavy atom. The van der Waals surface area contributed by atoms with Crippen molar-refractivity contribution in [2.24, 2.45) is 5.92 Å². The summed E-state index contributed by atoms with van der Waals surface area (Å²) in [5.74, 6) is 0.478. The zero-order valence-electron chi connectivity index (χ0n) is 13.9. The maximum Gasteiger partial charge on any atom is 0.264 e. The number of halogens is 1. The first-order valence-corrected chi connectivity index (χ1v) is 10.2. The molecule has 8 heteroatoms. The van der Waals surface area contributed by atoms with Crippen LogP contribution < -0.4 is 5.32 Å². The lowest BCUT2D eigenvalue weighted by molar-refractivity contribution is -0.137. The molecule has 0 bridgehead atoms. The molecule has 25 heavy (non-hydrogen) atoms. The molecule has 2 aromatic rings. The van der Waals surface area contributed by atoms with Crippen molar-refractivity contribution in [3.05, 3.63) is 22.4 Å². The van der Waals surface area contributed by atoms with Crippen LogP contribution in [-0.4, -0.2) is 60.9 Å². The molecule has 2 aliphatic rings. The smallest absolute Gasteiger partial charge is 0.264 e. The molecule has 0 spiro atoms. The molecule has 0 saturated carbocycles. The summed E-state index contributed by atoms with van der Waals surface area (Å²) in [7, 11) is 0. The fraction of sp³-hybridized carbons (Fsp3) is 0.529. The summed E-state index contributed by atoms with van der Waals surface area (Å²) in [6, 6.07) is 4.06. The van der Waals surface area contributed by atoms with Crippen molar-refractivity contribution < 1.29 is 9.59 Å². The van der Waals surface area contributed by atoms with Gasteiger partial charge in [-0.05, 0) is 36.9 Å². The first kappa shape index (κ1) is 18.6. The minimum atomic E-state index is 0. The molecule has 0 radical (unpaired) electrons. The lowest BCUT2D eigenvalue weighted by Gasteiger charge is -2.37. The maximum absolute atomic E-state index is 12.7. The van der Waals surface area contributed by atoms with Crippen molar-refractivity contribution in [2.75, 3.05) is 39.3 Å². The number of rotatable bonds is 2. The Balaban J connectivity index is 0.00000182. The van der Waals surface area contributed by atoms with Gasteiger partial charge in [-0.25, -0.2) is 0 Å². The number of carbonyl (C=O) groups excluding carboxylic acids is 2. The van der Waals surface area contributed by atoms with E-state index < -0.39 is 0 Å². The third-order valence-corrected chi connectivity index (χ3v) is 6.96. The highest BCUT2D eigenvalue weighted by Crippen LogP contribution is 2.30. The zero-order valence-corrected chi connectivity index (χ0v) is 16.4. The largest absolute Gasteiger partial charge is 0.339 e. The second kappa shape index (κ2) is 8.03. The Labute approximate surface area is 161 Å². The highest BCUT2D eigenvalue weighted by molar-refractivity contribution is 7.27. The Bertz CT molecular complexity index is 717. The Morgan fingerprint density at radius 3 is 2.56 bits per heavy atom. The quantitative estimate of drug-likeness (QED) is 0.844. The van der Waals surface area contributed by atoms with Crippen LogP contribution in [0.15, 0.2) is 17.5 Å². The van der Waals surface area contributed by atoms with Gasteiger partial charge in [0, 0.05) is 42.1 Å². The predicted molar refractivity (Wildman–Crippen MR) is 105 cm³/mol. The van der Waals surface area contributed by atoms with Gasteiger partial charge in [-0.2, -0.15) is 0 Å². The number of thiophene rings is 2. The first-order chi connectivity index (χ1) is 11.7. The van der Waals surface area contributed by atoms with Crippen molar-refractivity contribution in [2.45, 2.75) is 12.8 Å². The van der Waals surface area contributed by atoms with E-state index in [9.17, 15) is 9.59 Å². The second-order valence-corrected chi connectivity index (χ2v) is 8.45. The molecule has 2 aromatic heterocycles. The summed E-state index contributed by atoms with van der Waals surface area (Å²) in [5.41, 5.74) is 0. The number of carbonyl (C=O) groups is 2. The van der Waals surface area contributed by atoms with Gasteiger partial charge in [0.15, 0.2) is 0 Å². The van der Waals surface area contributed by atoms with Crippen LogP contribution in [0.5, 0.6) is 0 Å². The van der Waals surface area contributed by atoms with Gasteiger partial charge in [-0.3, -0.25) is 9.59 Å². The summed E-state index contributed by atoms with van der Waals surface area (Å²) < 4.78 is 2.36. The van der Waals surface area contributed by atoms with Gasteiger partial charge in [0.25, 0.3) is 5.91 Å². The lowest BCUT2D eigenvalue weighted by Crippen LogP contribution is -2.53. The van der Waals surface area contributed by atoms with Gasteiger partial charge in [0.05, 0.1) is 10.8 Å². The Kier molecular flexibility index (Phi) is 5.99. The van der Waals surface area contributed by atoms with E-state index in [0.29, 0.717) is 26.2 Å². The molecule has 5 nitrogen and oxygen atoms in total. The topological polar surface area (TPSA) is 52.7 Å². The van der Waals surface area contributed by atoms with Crippen LogP contribution in [0.2, 0.25) is 0 Å². The van der Waals surface area contributed by atoms with Crippen molar-refractivity contribution in [3.63, 3.8) is 0 Å². The number of hydrogen-bond donors (Lipinski definition) is 1. The first-order valence-electron chi connectivity index (χ1n) is 8.48. The molecule has 1 unspecified atom stereocenters.